The molecule has 1 aliphatic heterocycles. The van der Waals surface area contributed by atoms with Crippen LogP contribution in [0.1, 0.15) is 45.1 Å². The van der Waals surface area contributed by atoms with Crippen molar-refractivity contribution in [2.45, 2.75) is 64.1 Å². The van der Waals surface area contributed by atoms with E-state index in [-0.39, 0.29) is 11.9 Å². The Morgan fingerprint density at radius 2 is 1.71 bits per heavy atom. The van der Waals surface area contributed by atoms with Crippen LogP contribution in [0.15, 0.2) is 42.5 Å². The maximum atomic E-state index is 13.6. The van der Waals surface area contributed by atoms with Gasteiger partial charge in [-0.1, -0.05) is 12.1 Å². The Balaban J connectivity index is 1.20. The third-order valence-electron chi connectivity index (χ3n) is 7.17. The summed E-state index contributed by atoms with van der Waals surface area (Å²) in [7, 11) is 1.64. The van der Waals surface area contributed by atoms with E-state index < -0.39 is 0 Å². The molecule has 2 aliphatic rings. The molecule has 4 rings (SSSR count). The summed E-state index contributed by atoms with van der Waals surface area (Å²) in [5.74, 6) is 1.56. The number of para-hydroxylation sites is 2. The molecule has 0 atom stereocenters. The first-order chi connectivity index (χ1) is 16.5. The van der Waals surface area contributed by atoms with E-state index in [1.165, 1.54) is 37.4 Å². The Morgan fingerprint density at radius 3 is 2.41 bits per heavy atom. The molecule has 2 aromatic rings. The van der Waals surface area contributed by atoms with Gasteiger partial charge in [-0.05, 0) is 88.4 Å². The number of nitrogens with one attached hydrogen (secondary N) is 1. The smallest absolute Gasteiger partial charge is 0.142 e. The van der Waals surface area contributed by atoms with Gasteiger partial charge in [-0.15, -0.1) is 0 Å². The number of anilines is 1. The van der Waals surface area contributed by atoms with Gasteiger partial charge in [-0.25, -0.2) is 4.39 Å². The van der Waals surface area contributed by atoms with Gasteiger partial charge in [0.2, 0.25) is 0 Å². The minimum atomic E-state index is -0.202. The van der Waals surface area contributed by atoms with Crippen molar-refractivity contribution in [2.75, 3.05) is 44.7 Å². The molecule has 1 heterocycles. The molecule has 1 saturated carbocycles. The molecule has 0 bridgehead atoms. The highest BCUT2D eigenvalue weighted by Crippen LogP contribution is 2.31. The molecular formula is C28H40FN3O2. The molecule has 1 saturated heterocycles. The van der Waals surface area contributed by atoms with Crippen LogP contribution in [0.5, 0.6) is 11.5 Å². The molecule has 0 spiro atoms. The summed E-state index contributed by atoms with van der Waals surface area (Å²) in [6.07, 6.45) is 5.86. The van der Waals surface area contributed by atoms with Crippen molar-refractivity contribution in [1.82, 2.24) is 10.2 Å². The first-order valence-electron chi connectivity index (χ1n) is 12.8. The molecule has 0 amide bonds. The van der Waals surface area contributed by atoms with Crippen LogP contribution in [0, 0.1) is 5.82 Å². The number of hydrogen-bond donors (Lipinski definition) is 1. The predicted molar refractivity (Wildman–Crippen MR) is 137 cm³/mol. The summed E-state index contributed by atoms with van der Waals surface area (Å²) < 4.78 is 25.0. The molecule has 1 N–H and O–H groups in total. The molecule has 6 heteroatoms. The van der Waals surface area contributed by atoms with E-state index in [0.717, 1.165) is 56.2 Å². The second-order valence-corrected chi connectivity index (χ2v) is 9.82. The van der Waals surface area contributed by atoms with Gasteiger partial charge < -0.3 is 19.7 Å². The number of methoxy groups -OCH3 is 1. The van der Waals surface area contributed by atoms with Gasteiger partial charge in [0.15, 0.2) is 0 Å². The zero-order valence-electron chi connectivity index (χ0n) is 20.9. The third-order valence-corrected chi connectivity index (χ3v) is 7.17. The number of ether oxygens (including phenoxy) is 2. The minimum absolute atomic E-state index is 0.183. The summed E-state index contributed by atoms with van der Waals surface area (Å²) in [5.41, 5.74) is 2.15. The van der Waals surface area contributed by atoms with Gasteiger partial charge in [-0.3, -0.25) is 4.90 Å². The van der Waals surface area contributed by atoms with Gasteiger partial charge in [0.25, 0.3) is 0 Å². The number of halogens is 1. The van der Waals surface area contributed by atoms with Crippen LogP contribution in [-0.4, -0.2) is 62.9 Å². The average molecular weight is 470 g/mol. The molecule has 0 radical (unpaired) electrons. The molecule has 0 unspecified atom stereocenters. The molecule has 2 aromatic carbocycles. The minimum Gasteiger partial charge on any atom is -0.496 e. The largest absolute Gasteiger partial charge is 0.496 e. The fourth-order valence-corrected chi connectivity index (χ4v) is 5.40. The fraction of sp³-hybridized carbons (Fsp3) is 0.571. The molecular weight excluding hydrogens is 429 g/mol. The van der Waals surface area contributed by atoms with E-state index in [2.05, 4.69) is 53.2 Å². The molecule has 5 nitrogen and oxygen atoms in total. The highest BCUT2D eigenvalue weighted by Gasteiger charge is 2.29. The number of nitrogens with zero attached hydrogens (tertiary/aromatic N) is 2. The molecule has 0 aromatic heterocycles. The van der Waals surface area contributed by atoms with Crippen LogP contribution < -0.4 is 19.7 Å². The van der Waals surface area contributed by atoms with Crippen molar-refractivity contribution < 1.29 is 13.9 Å². The number of piperazine rings is 1. The van der Waals surface area contributed by atoms with E-state index in [9.17, 15) is 4.39 Å². The summed E-state index contributed by atoms with van der Waals surface area (Å²) in [4.78, 5) is 5.17. The number of benzene rings is 2. The van der Waals surface area contributed by atoms with E-state index in [0.29, 0.717) is 12.1 Å². The Labute approximate surface area is 204 Å². The molecule has 1 aliphatic carbocycles. The van der Waals surface area contributed by atoms with Gasteiger partial charge >= 0.3 is 0 Å². The first kappa shape index (κ1) is 24.8. The standard InChI is InChI=1S/C28H40FN3O2/c1-21(2)34-28-7-5-4-6-26(28)32-18-16-31(17-19-32)25-11-9-24(10-12-25)30-15-14-22-20-23(29)8-13-27(22)33-3/h4-8,13,20-21,24-25,30H,9-12,14-19H2,1-3H3. The normalized spacial score (nSPS) is 21.6. The summed E-state index contributed by atoms with van der Waals surface area (Å²) >= 11 is 0. The van der Waals surface area contributed by atoms with Gasteiger partial charge in [0.05, 0.1) is 18.9 Å². The van der Waals surface area contributed by atoms with Crippen LogP contribution in [0.2, 0.25) is 0 Å². The summed E-state index contributed by atoms with van der Waals surface area (Å²) in [5, 5.41) is 3.70. The topological polar surface area (TPSA) is 37.0 Å². The zero-order valence-corrected chi connectivity index (χ0v) is 20.9. The monoisotopic (exact) mass is 469 g/mol. The highest BCUT2D eigenvalue weighted by atomic mass is 19.1. The van der Waals surface area contributed by atoms with Crippen LogP contribution >= 0.6 is 0 Å². The lowest BCUT2D eigenvalue weighted by molar-refractivity contribution is 0.136. The highest BCUT2D eigenvalue weighted by molar-refractivity contribution is 5.58. The van der Waals surface area contributed by atoms with Gasteiger partial charge in [-0.2, -0.15) is 0 Å². The first-order valence-corrected chi connectivity index (χ1v) is 12.8. The van der Waals surface area contributed by atoms with Crippen molar-refractivity contribution in [2.24, 2.45) is 0 Å². The van der Waals surface area contributed by atoms with Gasteiger partial charge in [0, 0.05) is 38.3 Å². The summed E-state index contributed by atoms with van der Waals surface area (Å²) in [6, 6.07) is 14.4. The molecule has 34 heavy (non-hydrogen) atoms. The van der Waals surface area contributed by atoms with E-state index >= 15 is 0 Å². The van der Waals surface area contributed by atoms with Crippen molar-refractivity contribution in [3.8, 4) is 11.5 Å². The van der Waals surface area contributed by atoms with E-state index in [1.54, 1.807) is 19.2 Å². The second-order valence-electron chi connectivity index (χ2n) is 9.82. The van der Waals surface area contributed by atoms with Crippen LogP contribution in [-0.2, 0) is 6.42 Å². The van der Waals surface area contributed by atoms with Crippen LogP contribution in [0.3, 0.4) is 0 Å². The van der Waals surface area contributed by atoms with Crippen LogP contribution in [0.25, 0.3) is 0 Å². The SMILES string of the molecule is COc1ccc(F)cc1CCNC1CCC(N2CCN(c3ccccc3OC(C)C)CC2)CC1. The summed E-state index contributed by atoms with van der Waals surface area (Å²) in [6.45, 7) is 9.33. The Kier molecular flexibility index (Phi) is 8.68. The van der Waals surface area contributed by atoms with E-state index in [1.807, 2.05) is 0 Å². The van der Waals surface area contributed by atoms with Crippen molar-refractivity contribution >= 4 is 5.69 Å². The third kappa shape index (κ3) is 6.42. The van der Waals surface area contributed by atoms with Crippen LogP contribution in [0.4, 0.5) is 10.1 Å². The maximum Gasteiger partial charge on any atom is 0.142 e. The quantitative estimate of drug-likeness (QED) is 0.566. The Bertz CT molecular complexity index is 906. The molecule has 2 fully saturated rings. The van der Waals surface area contributed by atoms with Gasteiger partial charge in [0.1, 0.15) is 17.3 Å². The zero-order chi connectivity index (χ0) is 23.9. The fourth-order valence-electron chi connectivity index (χ4n) is 5.40. The van der Waals surface area contributed by atoms with Crippen molar-refractivity contribution in [3.05, 3.63) is 53.8 Å². The number of hydrogen-bond acceptors (Lipinski definition) is 5. The second kappa shape index (κ2) is 11.9. The lowest BCUT2D eigenvalue weighted by atomic mass is 9.89. The lowest BCUT2D eigenvalue weighted by Crippen LogP contribution is -2.52. The van der Waals surface area contributed by atoms with Crippen molar-refractivity contribution in [3.63, 3.8) is 0 Å². The average Bonchev–Trinajstić information content (AvgIpc) is 2.85. The molecule has 186 valence electrons. The maximum absolute atomic E-state index is 13.6. The lowest BCUT2D eigenvalue weighted by Gasteiger charge is -2.43. The Morgan fingerprint density at radius 1 is 0.971 bits per heavy atom. The Hall–Kier alpha value is -2.31. The number of rotatable bonds is 9. The van der Waals surface area contributed by atoms with Crippen molar-refractivity contribution in [1.29, 1.82) is 0 Å². The predicted octanol–water partition coefficient (Wildman–Crippen LogP) is 4.89. The van der Waals surface area contributed by atoms with E-state index in [4.69, 9.17) is 9.47 Å².